The van der Waals surface area contributed by atoms with Gasteiger partial charge in [0.2, 0.25) is 10.0 Å². The van der Waals surface area contributed by atoms with E-state index >= 15 is 0 Å². The van der Waals surface area contributed by atoms with Crippen molar-refractivity contribution < 1.29 is 8.42 Å². The highest BCUT2D eigenvalue weighted by molar-refractivity contribution is 7.93. The zero-order valence-corrected chi connectivity index (χ0v) is 9.56. The van der Waals surface area contributed by atoms with Gasteiger partial charge in [0.15, 0.2) is 0 Å². The highest BCUT2D eigenvalue weighted by Crippen LogP contribution is 2.15. The van der Waals surface area contributed by atoms with E-state index < -0.39 is 15.2 Å². The largest absolute Gasteiger partial charge is 0.279 e. The molecule has 0 amide bonds. The van der Waals surface area contributed by atoms with Crippen molar-refractivity contribution in [1.29, 1.82) is 0 Å². The molecule has 0 aromatic carbocycles. The summed E-state index contributed by atoms with van der Waals surface area (Å²) in [6.07, 6.45) is 2.28. The summed E-state index contributed by atoms with van der Waals surface area (Å²) in [5, 5.41) is 3.64. The Morgan fingerprint density at radius 1 is 1.64 bits per heavy atom. The van der Waals surface area contributed by atoms with Gasteiger partial charge < -0.3 is 0 Å². The molecule has 5 nitrogen and oxygen atoms in total. The van der Waals surface area contributed by atoms with E-state index in [2.05, 4.69) is 9.82 Å². The van der Waals surface area contributed by atoms with Crippen molar-refractivity contribution in [3.63, 3.8) is 0 Å². The van der Waals surface area contributed by atoms with Gasteiger partial charge in [-0.2, -0.15) is 5.10 Å². The average Bonchev–Trinajstić information content (AvgIpc) is 2.45. The number of anilines is 1. The molecule has 0 aliphatic rings. The zero-order valence-electron chi connectivity index (χ0n) is 7.99. The molecule has 1 aromatic heterocycles. The molecule has 7 heteroatoms. The minimum Gasteiger partial charge on any atom is -0.279 e. The van der Waals surface area contributed by atoms with Gasteiger partial charge in [0.05, 0.1) is 11.4 Å². The number of halogens is 1. The van der Waals surface area contributed by atoms with Gasteiger partial charge in [-0.05, 0) is 6.42 Å². The number of alkyl halides is 1. The molecule has 0 unspecified atom stereocenters. The predicted molar refractivity (Wildman–Crippen MR) is 55.8 cm³/mol. The van der Waals surface area contributed by atoms with Crippen molar-refractivity contribution in [3.05, 3.63) is 11.9 Å². The minimum atomic E-state index is -3.43. The minimum absolute atomic E-state index is 0.453. The van der Waals surface area contributed by atoms with Gasteiger partial charge >= 0.3 is 0 Å². The van der Waals surface area contributed by atoms with Crippen LogP contribution in [0, 0.1) is 0 Å². The van der Waals surface area contributed by atoms with E-state index in [-0.39, 0.29) is 0 Å². The lowest BCUT2D eigenvalue weighted by molar-refractivity contribution is 0.605. The van der Waals surface area contributed by atoms with Gasteiger partial charge in [-0.3, -0.25) is 9.40 Å². The Balaban J connectivity index is 2.96. The van der Waals surface area contributed by atoms with Crippen LogP contribution in [0.1, 0.15) is 12.6 Å². The quantitative estimate of drug-likeness (QED) is 0.792. The Kier molecular flexibility index (Phi) is 3.38. The van der Waals surface area contributed by atoms with Crippen molar-refractivity contribution in [1.82, 2.24) is 9.78 Å². The monoisotopic (exact) mass is 237 g/mol. The predicted octanol–water partition coefficient (Wildman–Crippen LogP) is 0.921. The van der Waals surface area contributed by atoms with Gasteiger partial charge in [0.25, 0.3) is 0 Å². The Labute approximate surface area is 88.1 Å². The summed E-state index contributed by atoms with van der Waals surface area (Å²) in [6, 6.07) is 0. The van der Waals surface area contributed by atoms with E-state index in [0.717, 1.165) is 0 Å². The summed E-state index contributed by atoms with van der Waals surface area (Å²) in [5.74, 6) is 0. The van der Waals surface area contributed by atoms with Crippen LogP contribution in [0.3, 0.4) is 0 Å². The zero-order chi connectivity index (χ0) is 10.8. The fourth-order valence-corrected chi connectivity index (χ4v) is 1.80. The van der Waals surface area contributed by atoms with E-state index in [1.54, 1.807) is 17.9 Å². The average molecular weight is 238 g/mol. The second-order valence-corrected chi connectivity index (χ2v) is 5.15. The molecule has 1 N–H and O–H groups in total. The molecule has 1 heterocycles. The fraction of sp³-hybridized carbons (Fsp3) is 0.571. The molecule has 14 heavy (non-hydrogen) atoms. The smallest absolute Gasteiger partial charge is 0.246 e. The first-order valence-electron chi connectivity index (χ1n) is 4.07. The fourth-order valence-electron chi connectivity index (χ4n) is 1.08. The van der Waals surface area contributed by atoms with Crippen molar-refractivity contribution in [2.24, 2.45) is 7.05 Å². The lowest BCUT2D eigenvalue weighted by atomic mass is 10.3. The maximum Gasteiger partial charge on any atom is 0.246 e. The molecule has 1 rings (SSSR count). The van der Waals surface area contributed by atoms with Crippen LogP contribution in [0.15, 0.2) is 6.20 Å². The van der Waals surface area contributed by atoms with Gasteiger partial charge in [0, 0.05) is 13.2 Å². The lowest BCUT2D eigenvalue weighted by Gasteiger charge is -2.02. The molecule has 1 aromatic rings. The van der Waals surface area contributed by atoms with Crippen molar-refractivity contribution >= 4 is 27.3 Å². The summed E-state index contributed by atoms with van der Waals surface area (Å²) in [4.78, 5) is 0. The number of aryl methyl sites for hydroxylation is 2. The molecule has 0 saturated heterocycles. The van der Waals surface area contributed by atoms with Crippen LogP contribution in [-0.2, 0) is 23.5 Å². The third kappa shape index (κ3) is 2.62. The van der Waals surface area contributed by atoms with E-state index in [0.29, 0.717) is 17.8 Å². The Morgan fingerprint density at radius 3 is 2.79 bits per heavy atom. The highest BCUT2D eigenvalue weighted by atomic mass is 35.5. The maximum absolute atomic E-state index is 11.2. The second-order valence-electron chi connectivity index (χ2n) is 2.84. The van der Waals surface area contributed by atoms with Crippen LogP contribution in [-0.4, -0.2) is 23.4 Å². The van der Waals surface area contributed by atoms with E-state index in [4.69, 9.17) is 11.6 Å². The Morgan fingerprint density at radius 2 is 2.29 bits per heavy atom. The standard InChI is InChI=1S/C7H12ClN3O2S/c1-3-6-7(4-11(2)9-6)10-14(12,13)5-8/h4,10H,3,5H2,1-2H3. The maximum atomic E-state index is 11.2. The third-order valence-electron chi connectivity index (χ3n) is 1.65. The SMILES string of the molecule is CCc1nn(C)cc1NS(=O)(=O)CCl. The number of rotatable bonds is 4. The summed E-state index contributed by atoms with van der Waals surface area (Å²) < 4.78 is 26.3. The normalized spacial score (nSPS) is 11.6. The number of nitrogens with one attached hydrogen (secondary N) is 1. The Bertz CT molecular complexity index is 413. The number of aromatic nitrogens is 2. The van der Waals surface area contributed by atoms with Gasteiger partial charge in [-0.15, -0.1) is 11.6 Å². The van der Waals surface area contributed by atoms with Crippen LogP contribution in [0.25, 0.3) is 0 Å². The number of sulfonamides is 1. The molecule has 80 valence electrons. The summed E-state index contributed by atoms with van der Waals surface area (Å²) >= 11 is 5.27. The first kappa shape index (κ1) is 11.3. The van der Waals surface area contributed by atoms with Gasteiger partial charge in [0.1, 0.15) is 5.21 Å². The molecule has 0 fully saturated rings. The van der Waals surface area contributed by atoms with E-state index in [1.165, 1.54) is 0 Å². The molecule has 0 bridgehead atoms. The van der Waals surface area contributed by atoms with Crippen molar-refractivity contribution in [2.45, 2.75) is 13.3 Å². The number of nitrogens with zero attached hydrogens (tertiary/aromatic N) is 2. The summed E-state index contributed by atoms with van der Waals surface area (Å²) in [6.45, 7) is 1.90. The topological polar surface area (TPSA) is 64.0 Å². The van der Waals surface area contributed by atoms with Crippen LogP contribution in [0.4, 0.5) is 5.69 Å². The molecule has 0 aliphatic heterocycles. The molecular weight excluding hydrogens is 226 g/mol. The van der Waals surface area contributed by atoms with Gasteiger partial charge in [-0.1, -0.05) is 6.92 Å². The van der Waals surface area contributed by atoms with E-state index in [9.17, 15) is 8.42 Å². The van der Waals surface area contributed by atoms with Crippen molar-refractivity contribution in [2.75, 3.05) is 9.93 Å². The molecule has 0 aliphatic carbocycles. The summed E-state index contributed by atoms with van der Waals surface area (Å²) in [7, 11) is -1.70. The van der Waals surface area contributed by atoms with Crippen LogP contribution in [0.5, 0.6) is 0 Å². The molecule has 0 saturated carbocycles. The van der Waals surface area contributed by atoms with Gasteiger partial charge in [-0.25, -0.2) is 8.42 Å². The number of hydrogen-bond acceptors (Lipinski definition) is 3. The second kappa shape index (κ2) is 4.18. The highest BCUT2D eigenvalue weighted by Gasteiger charge is 2.13. The molecular formula is C7H12ClN3O2S. The first-order valence-corrected chi connectivity index (χ1v) is 6.26. The van der Waals surface area contributed by atoms with Crippen LogP contribution in [0.2, 0.25) is 0 Å². The van der Waals surface area contributed by atoms with E-state index in [1.807, 2.05) is 6.92 Å². The van der Waals surface area contributed by atoms with Crippen LogP contribution < -0.4 is 4.72 Å². The molecule has 0 atom stereocenters. The third-order valence-corrected chi connectivity index (χ3v) is 3.33. The summed E-state index contributed by atoms with van der Waals surface area (Å²) in [5.41, 5.74) is 1.21. The van der Waals surface area contributed by atoms with Crippen LogP contribution >= 0.6 is 11.6 Å². The Hall–Kier alpha value is -0.750. The molecule has 0 radical (unpaired) electrons. The molecule has 0 spiro atoms. The van der Waals surface area contributed by atoms with Crippen molar-refractivity contribution in [3.8, 4) is 0 Å². The number of hydrogen-bond donors (Lipinski definition) is 1. The lowest BCUT2D eigenvalue weighted by Crippen LogP contribution is -2.13. The first-order chi connectivity index (χ1) is 6.48.